The predicted octanol–water partition coefficient (Wildman–Crippen LogP) is 7.11. The molecule has 0 saturated carbocycles. The van der Waals surface area contributed by atoms with Gasteiger partial charge in [0.2, 0.25) is 0 Å². The molecular weight excluding hydrogens is 410 g/mol. The summed E-state index contributed by atoms with van der Waals surface area (Å²) in [7, 11) is 0. The molecular formula is C27H28F2O3. The number of alkyl halides is 1. The summed E-state index contributed by atoms with van der Waals surface area (Å²) in [4.78, 5) is 0. The minimum absolute atomic E-state index is 0.0564. The maximum Gasteiger partial charge on any atom is 0.184 e. The zero-order chi connectivity index (χ0) is 22.6. The van der Waals surface area contributed by atoms with Crippen LogP contribution in [0.4, 0.5) is 8.78 Å². The molecule has 3 nitrogen and oxygen atoms in total. The molecule has 1 aliphatic rings. The van der Waals surface area contributed by atoms with Gasteiger partial charge in [0.15, 0.2) is 23.5 Å². The van der Waals surface area contributed by atoms with E-state index < -0.39 is 12.0 Å². The van der Waals surface area contributed by atoms with E-state index in [-0.39, 0.29) is 24.8 Å². The fourth-order valence-electron chi connectivity index (χ4n) is 3.97. The Kier molecular flexibility index (Phi) is 6.87. The Bertz CT molecular complexity index is 1020. The van der Waals surface area contributed by atoms with Crippen molar-refractivity contribution in [1.82, 2.24) is 0 Å². The first-order valence-electron chi connectivity index (χ1n) is 11.1. The highest BCUT2D eigenvalue weighted by Crippen LogP contribution is 2.33. The number of hydrogen-bond donors (Lipinski definition) is 0. The van der Waals surface area contributed by atoms with Crippen LogP contribution < -0.4 is 4.74 Å². The topological polar surface area (TPSA) is 27.7 Å². The summed E-state index contributed by atoms with van der Waals surface area (Å²) in [5, 5.41) is 0. The van der Waals surface area contributed by atoms with Crippen LogP contribution in [0.2, 0.25) is 0 Å². The van der Waals surface area contributed by atoms with Gasteiger partial charge in [0.25, 0.3) is 0 Å². The summed E-state index contributed by atoms with van der Waals surface area (Å²) in [5.41, 5.74) is 3.29. The van der Waals surface area contributed by atoms with Crippen molar-refractivity contribution in [3.05, 3.63) is 78.1 Å². The molecule has 0 spiro atoms. The van der Waals surface area contributed by atoms with Gasteiger partial charge in [0.05, 0.1) is 19.8 Å². The number of benzene rings is 3. The maximum absolute atomic E-state index is 14.5. The van der Waals surface area contributed by atoms with E-state index in [4.69, 9.17) is 14.2 Å². The number of halogens is 2. The Hall–Kier alpha value is -2.76. The molecule has 0 atom stereocenters. The molecule has 1 saturated heterocycles. The van der Waals surface area contributed by atoms with Gasteiger partial charge in [-0.3, -0.25) is 0 Å². The summed E-state index contributed by atoms with van der Waals surface area (Å²) in [6.07, 6.45) is 0.661. The lowest BCUT2D eigenvalue weighted by molar-refractivity contribution is -0.238. The first-order chi connectivity index (χ1) is 15.5. The van der Waals surface area contributed by atoms with Gasteiger partial charge in [0, 0.05) is 5.56 Å². The molecule has 4 rings (SSSR count). The first-order valence-corrected chi connectivity index (χ1v) is 11.1. The lowest BCUT2D eigenvalue weighted by Gasteiger charge is -2.34. The van der Waals surface area contributed by atoms with Crippen molar-refractivity contribution in [2.75, 3.05) is 19.8 Å². The average Bonchev–Trinajstić information content (AvgIpc) is 2.81. The van der Waals surface area contributed by atoms with Crippen molar-refractivity contribution < 1.29 is 23.0 Å². The molecule has 3 aromatic carbocycles. The van der Waals surface area contributed by atoms with Gasteiger partial charge >= 0.3 is 0 Å². The normalized spacial score (nSPS) is 20.8. The van der Waals surface area contributed by atoms with Crippen LogP contribution in [0.15, 0.2) is 66.7 Å². The molecule has 0 aliphatic carbocycles. The maximum atomic E-state index is 14.5. The highest BCUT2D eigenvalue weighted by atomic mass is 19.1. The van der Waals surface area contributed by atoms with Crippen molar-refractivity contribution >= 4 is 0 Å². The van der Waals surface area contributed by atoms with E-state index in [1.165, 1.54) is 6.07 Å². The number of rotatable bonds is 7. The molecule has 1 fully saturated rings. The Morgan fingerprint density at radius 2 is 1.38 bits per heavy atom. The monoisotopic (exact) mass is 438 g/mol. The van der Waals surface area contributed by atoms with Crippen LogP contribution in [0.3, 0.4) is 0 Å². The summed E-state index contributed by atoms with van der Waals surface area (Å²) >= 11 is 0. The van der Waals surface area contributed by atoms with E-state index in [0.717, 1.165) is 34.2 Å². The third-order valence-corrected chi connectivity index (χ3v) is 5.65. The molecule has 1 aliphatic heterocycles. The molecule has 0 radical (unpaired) electrons. The summed E-state index contributed by atoms with van der Waals surface area (Å²) in [6, 6.07) is 20.9. The van der Waals surface area contributed by atoms with Crippen LogP contribution in [0, 0.1) is 5.82 Å². The molecule has 5 heteroatoms. The average molecular weight is 439 g/mol. The molecule has 0 bridgehead atoms. The quantitative estimate of drug-likeness (QED) is 0.393. The summed E-state index contributed by atoms with van der Waals surface area (Å²) in [5.74, 6) is -0.0997. The van der Waals surface area contributed by atoms with Crippen LogP contribution in [0.1, 0.15) is 38.5 Å². The molecule has 168 valence electrons. The standard InChI is InChI=1S/C27H28F2O3/c1-3-15-27(29)17-31-26(32-18-27)22-11-9-20(10-12-22)19-5-7-21(8-6-19)23-13-14-25(30-4-2)24(28)16-23/h5-14,16,26H,3-4,15,17-18H2,1-2H3. The molecule has 32 heavy (non-hydrogen) atoms. The van der Waals surface area contributed by atoms with Crippen molar-refractivity contribution in [2.45, 2.75) is 38.6 Å². The third kappa shape index (κ3) is 5.00. The van der Waals surface area contributed by atoms with E-state index in [0.29, 0.717) is 13.0 Å². The lowest BCUT2D eigenvalue weighted by atomic mass is 9.99. The third-order valence-electron chi connectivity index (χ3n) is 5.65. The van der Waals surface area contributed by atoms with Crippen LogP contribution >= 0.6 is 0 Å². The summed E-state index contributed by atoms with van der Waals surface area (Å²) in [6.45, 7) is 4.32. The number of ether oxygens (including phenoxy) is 3. The molecule has 3 aromatic rings. The Morgan fingerprint density at radius 3 is 1.91 bits per heavy atom. The Labute approximate surface area is 187 Å². The molecule has 0 N–H and O–H groups in total. The Morgan fingerprint density at radius 1 is 0.844 bits per heavy atom. The zero-order valence-corrected chi connectivity index (χ0v) is 18.4. The van der Waals surface area contributed by atoms with Gasteiger partial charge in [-0.1, -0.05) is 67.9 Å². The van der Waals surface area contributed by atoms with Gasteiger partial charge < -0.3 is 14.2 Å². The van der Waals surface area contributed by atoms with Crippen LogP contribution in [-0.4, -0.2) is 25.5 Å². The van der Waals surface area contributed by atoms with Gasteiger partial charge in [-0.15, -0.1) is 0 Å². The van der Waals surface area contributed by atoms with E-state index >= 15 is 0 Å². The molecule has 1 heterocycles. The molecule has 0 unspecified atom stereocenters. The highest BCUT2D eigenvalue weighted by Gasteiger charge is 2.36. The SMILES string of the molecule is CCCC1(F)COC(c2ccc(-c3ccc(-c4ccc(OCC)c(F)c4)cc3)cc2)OC1. The predicted molar refractivity (Wildman–Crippen MR) is 122 cm³/mol. The van der Waals surface area contributed by atoms with E-state index in [1.54, 1.807) is 6.07 Å². The first kappa shape index (κ1) is 22.4. The van der Waals surface area contributed by atoms with Gasteiger partial charge in [0.1, 0.15) is 0 Å². The Balaban J connectivity index is 1.43. The zero-order valence-electron chi connectivity index (χ0n) is 18.4. The minimum Gasteiger partial charge on any atom is -0.491 e. The highest BCUT2D eigenvalue weighted by molar-refractivity contribution is 5.71. The van der Waals surface area contributed by atoms with Gasteiger partial charge in [-0.25, -0.2) is 8.78 Å². The second-order valence-corrected chi connectivity index (χ2v) is 8.13. The second kappa shape index (κ2) is 9.80. The van der Waals surface area contributed by atoms with E-state index in [9.17, 15) is 8.78 Å². The summed E-state index contributed by atoms with van der Waals surface area (Å²) < 4.78 is 45.2. The van der Waals surface area contributed by atoms with Crippen molar-refractivity contribution in [3.63, 3.8) is 0 Å². The fraction of sp³-hybridized carbons (Fsp3) is 0.333. The smallest absolute Gasteiger partial charge is 0.184 e. The number of hydrogen-bond acceptors (Lipinski definition) is 3. The van der Waals surface area contributed by atoms with E-state index in [2.05, 4.69) is 0 Å². The van der Waals surface area contributed by atoms with Crippen molar-refractivity contribution in [3.8, 4) is 28.0 Å². The van der Waals surface area contributed by atoms with Crippen molar-refractivity contribution in [1.29, 1.82) is 0 Å². The van der Waals surface area contributed by atoms with Crippen LogP contribution in [0.5, 0.6) is 5.75 Å². The van der Waals surface area contributed by atoms with Crippen molar-refractivity contribution in [2.24, 2.45) is 0 Å². The lowest BCUT2D eigenvalue weighted by Crippen LogP contribution is -2.41. The van der Waals surface area contributed by atoms with Crippen LogP contribution in [-0.2, 0) is 9.47 Å². The molecule has 0 amide bonds. The second-order valence-electron chi connectivity index (χ2n) is 8.13. The van der Waals surface area contributed by atoms with Crippen LogP contribution in [0.25, 0.3) is 22.3 Å². The largest absolute Gasteiger partial charge is 0.491 e. The fourth-order valence-corrected chi connectivity index (χ4v) is 3.97. The van der Waals surface area contributed by atoms with Gasteiger partial charge in [-0.2, -0.15) is 0 Å². The molecule has 0 aromatic heterocycles. The van der Waals surface area contributed by atoms with E-state index in [1.807, 2.05) is 68.4 Å². The van der Waals surface area contributed by atoms with Gasteiger partial charge in [-0.05, 0) is 47.7 Å². The minimum atomic E-state index is -1.39.